The van der Waals surface area contributed by atoms with Crippen LogP contribution in [0.4, 0.5) is 0 Å². The molecule has 1 atom stereocenters. The number of carbonyl (C=O) groups excluding carboxylic acids is 1. The van der Waals surface area contributed by atoms with Gasteiger partial charge in [0.05, 0.1) is 24.4 Å². The van der Waals surface area contributed by atoms with Gasteiger partial charge in [-0.3, -0.25) is 14.3 Å². The molecule has 0 aliphatic heterocycles. The topological polar surface area (TPSA) is 113 Å². The molecule has 1 amide bonds. The monoisotopic (exact) mass is 292 g/mol. The van der Waals surface area contributed by atoms with Crippen LogP contribution >= 0.6 is 0 Å². The van der Waals surface area contributed by atoms with E-state index in [0.29, 0.717) is 12.8 Å². The fourth-order valence-electron chi connectivity index (χ4n) is 2.58. The van der Waals surface area contributed by atoms with Gasteiger partial charge in [0, 0.05) is 18.8 Å². The number of aliphatic hydroxyl groups excluding tert-OH is 1. The van der Waals surface area contributed by atoms with E-state index in [0.717, 1.165) is 11.6 Å². The molecular formula is C13H16N4O4. The molecule has 2 aromatic rings. The molecule has 0 bridgehead atoms. The number of aromatic amines is 1. The van der Waals surface area contributed by atoms with E-state index in [-0.39, 0.29) is 23.8 Å². The highest BCUT2D eigenvalue weighted by atomic mass is 16.5. The van der Waals surface area contributed by atoms with Crippen LogP contribution in [0.25, 0.3) is 0 Å². The lowest BCUT2D eigenvalue weighted by molar-refractivity contribution is 0.0231. The Labute approximate surface area is 119 Å². The summed E-state index contributed by atoms with van der Waals surface area (Å²) in [7, 11) is 1.79. The minimum absolute atomic E-state index is 0.0613. The Bertz CT molecular complexity index is 695. The van der Waals surface area contributed by atoms with Gasteiger partial charge in [-0.25, -0.2) is 0 Å². The number of aryl methyl sites for hydroxylation is 1. The molecule has 1 aliphatic carbocycles. The molecule has 2 heterocycles. The number of carbonyl (C=O) groups is 1. The van der Waals surface area contributed by atoms with Gasteiger partial charge in [0.2, 0.25) is 5.76 Å². The van der Waals surface area contributed by atoms with E-state index < -0.39 is 11.5 Å². The predicted octanol–water partition coefficient (Wildman–Crippen LogP) is -0.0566. The van der Waals surface area contributed by atoms with Gasteiger partial charge in [-0.05, 0) is 18.8 Å². The highest BCUT2D eigenvalue weighted by Gasteiger charge is 2.36. The van der Waals surface area contributed by atoms with Crippen molar-refractivity contribution < 1.29 is 14.4 Å². The summed E-state index contributed by atoms with van der Waals surface area (Å²) in [5.41, 5.74) is 0.401. The van der Waals surface area contributed by atoms with Crippen LogP contribution in [0.5, 0.6) is 0 Å². The molecule has 1 aliphatic rings. The second kappa shape index (κ2) is 5.21. The normalized spacial score (nSPS) is 22.6. The number of H-pyrrole nitrogens is 1. The highest BCUT2D eigenvalue weighted by Crippen LogP contribution is 2.38. The van der Waals surface area contributed by atoms with Gasteiger partial charge in [0.15, 0.2) is 0 Å². The SMILES string of the molecule is Cn1cc(C(NC(=O)c2cc(=O)[nH]o2)C2CC(O)C2)cn1. The van der Waals surface area contributed by atoms with Crippen molar-refractivity contribution in [1.82, 2.24) is 20.3 Å². The van der Waals surface area contributed by atoms with Crippen molar-refractivity contribution in [2.45, 2.75) is 25.0 Å². The minimum Gasteiger partial charge on any atom is -0.393 e. The first kappa shape index (κ1) is 13.6. The van der Waals surface area contributed by atoms with Crippen molar-refractivity contribution >= 4 is 5.91 Å². The average Bonchev–Trinajstić information content (AvgIpc) is 3.01. The summed E-state index contributed by atoms with van der Waals surface area (Å²) in [6.07, 6.45) is 4.43. The van der Waals surface area contributed by atoms with Crippen LogP contribution in [0.15, 0.2) is 27.8 Å². The third-order valence-electron chi connectivity index (χ3n) is 3.74. The second-order valence-electron chi connectivity index (χ2n) is 5.36. The van der Waals surface area contributed by atoms with Crippen LogP contribution in [0.3, 0.4) is 0 Å². The van der Waals surface area contributed by atoms with Crippen LogP contribution in [-0.2, 0) is 7.05 Å². The number of hydrogen-bond acceptors (Lipinski definition) is 5. The van der Waals surface area contributed by atoms with E-state index in [1.54, 1.807) is 17.9 Å². The zero-order valence-corrected chi connectivity index (χ0v) is 11.4. The molecule has 1 fully saturated rings. The van der Waals surface area contributed by atoms with E-state index in [2.05, 4.69) is 15.6 Å². The van der Waals surface area contributed by atoms with Gasteiger partial charge >= 0.3 is 0 Å². The maximum absolute atomic E-state index is 12.1. The molecule has 0 radical (unpaired) electrons. The number of nitrogens with one attached hydrogen (secondary N) is 2. The molecule has 3 rings (SSSR count). The Hall–Kier alpha value is -2.35. The maximum Gasteiger partial charge on any atom is 0.290 e. The highest BCUT2D eigenvalue weighted by molar-refractivity contribution is 5.91. The summed E-state index contributed by atoms with van der Waals surface area (Å²) in [4.78, 5) is 23.1. The maximum atomic E-state index is 12.1. The number of aliphatic hydroxyl groups is 1. The van der Waals surface area contributed by atoms with Crippen molar-refractivity contribution in [3.05, 3.63) is 40.1 Å². The third kappa shape index (κ3) is 2.75. The quantitative estimate of drug-likeness (QED) is 0.731. The summed E-state index contributed by atoms with van der Waals surface area (Å²) >= 11 is 0. The van der Waals surface area contributed by atoms with Crippen molar-refractivity contribution in [2.24, 2.45) is 13.0 Å². The Morgan fingerprint density at radius 1 is 1.62 bits per heavy atom. The van der Waals surface area contributed by atoms with E-state index in [4.69, 9.17) is 4.52 Å². The molecule has 1 saturated carbocycles. The Morgan fingerprint density at radius 3 is 2.90 bits per heavy atom. The summed E-state index contributed by atoms with van der Waals surface area (Å²) in [6, 6.07) is 0.834. The Balaban J connectivity index is 1.79. The molecule has 8 heteroatoms. The summed E-state index contributed by atoms with van der Waals surface area (Å²) in [5.74, 6) is -0.392. The smallest absolute Gasteiger partial charge is 0.290 e. The first-order chi connectivity index (χ1) is 10.0. The molecule has 0 aromatic carbocycles. The van der Waals surface area contributed by atoms with Crippen molar-refractivity contribution in [2.75, 3.05) is 0 Å². The molecule has 0 spiro atoms. The third-order valence-corrected chi connectivity index (χ3v) is 3.74. The van der Waals surface area contributed by atoms with Gasteiger partial charge < -0.3 is 14.9 Å². The van der Waals surface area contributed by atoms with E-state index >= 15 is 0 Å². The lowest BCUT2D eigenvalue weighted by Gasteiger charge is -2.37. The number of aromatic nitrogens is 3. The lowest BCUT2D eigenvalue weighted by Crippen LogP contribution is -2.41. The predicted molar refractivity (Wildman–Crippen MR) is 71.5 cm³/mol. The zero-order valence-electron chi connectivity index (χ0n) is 11.4. The standard InChI is InChI=1S/C13H16N4O4/c1-17-6-8(5-14-17)12(7-2-9(18)3-7)15-13(20)10-4-11(19)16-21-10/h4-7,9,12,18H,2-3H2,1H3,(H,15,20)(H,16,19). The largest absolute Gasteiger partial charge is 0.393 e. The second-order valence-corrected chi connectivity index (χ2v) is 5.36. The fourth-order valence-corrected chi connectivity index (χ4v) is 2.58. The first-order valence-electron chi connectivity index (χ1n) is 6.69. The Morgan fingerprint density at radius 2 is 2.38 bits per heavy atom. The molecule has 0 saturated heterocycles. The van der Waals surface area contributed by atoms with Gasteiger partial charge in [-0.1, -0.05) is 0 Å². The van der Waals surface area contributed by atoms with Crippen molar-refractivity contribution in [1.29, 1.82) is 0 Å². The van der Waals surface area contributed by atoms with Gasteiger partial charge in [-0.2, -0.15) is 10.3 Å². The lowest BCUT2D eigenvalue weighted by atomic mass is 9.75. The van der Waals surface area contributed by atoms with Crippen LogP contribution in [0.2, 0.25) is 0 Å². The Kier molecular flexibility index (Phi) is 3.38. The zero-order chi connectivity index (χ0) is 15.0. The molecule has 112 valence electrons. The number of rotatable bonds is 4. The van der Waals surface area contributed by atoms with Crippen LogP contribution in [0, 0.1) is 5.92 Å². The molecule has 1 unspecified atom stereocenters. The van der Waals surface area contributed by atoms with Crippen LogP contribution in [0.1, 0.15) is 35.0 Å². The van der Waals surface area contributed by atoms with E-state index in [1.165, 1.54) is 0 Å². The van der Waals surface area contributed by atoms with Crippen molar-refractivity contribution in [3.63, 3.8) is 0 Å². The molecule has 8 nitrogen and oxygen atoms in total. The summed E-state index contributed by atoms with van der Waals surface area (Å²) < 4.78 is 6.45. The number of amides is 1. The summed E-state index contributed by atoms with van der Waals surface area (Å²) in [5, 5.41) is 18.5. The van der Waals surface area contributed by atoms with Crippen LogP contribution in [-0.4, -0.2) is 32.1 Å². The van der Waals surface area contributed by atoms with Gasteiger partial charge in [0.25, 0.3) is 11.5 Å². The van der Waals surface area contributed by atoms with Gasteiger partial charge in [0.1, 0.15) is 0 Å². The van der Waals surface area contributed by atoms with E-state index in [9.17, 15) is 14.7 Å². The summed E-state index contributed by atoms with van der Waals surface area (Å²) in [6.45, 7) is 0. The number of nitrogens with zero attached hydrogens (tertiary/aromatic N) is 2. The average molecular weight is 292 g/mol. The molecule has 21 heavy (non-hydrogen) atoms. The molecule has 2 aromatic heterocycles. The molecule has 3 N–H and O–H groups in total. The first-order valence-corrected chi connectivity index (χ1v) is 6.69. The molecular weight excluding hydrogens is 276 g/mol. The van der Waals surface area contributed by atoms with E-state index in [1.807, 2.05) is 6.20 Å². The van der Waals surface area contributed by atoms with Crippen LogP contribution < -0.4 is 10.9 Å². The van der Waals surface area contributed by atoms with Gasteiger partial charge in [-0.15, -0.1) is 0 Å². The van der Waals surface area contributed by atoms with Crippen molar-refractivity contribution in [3.8, 4) is 0 Å². The number of hydrogen-bond donors (Lipinski definition) is 3. The fraction of sp³-hybridized carbons (Fsp3) is 0.462. The minimum atomic E-state index is -0.469.